The Labute approximate surface area is 71.3 Å². The first-order valence-electron chi connectivity index (χ1n) is 3.77. The van der Waals surface area contributed by atoms with Crippen LogP contribution in [0.1, 0.15) is 13.3 Å². The molecular formula is C9H12O3. The van der Waals surface area contributed by atoms with Crippen LogP contribution in [-0.4, -0.2) is 23.8 Å². The van der Waals surface area contributed by atoms with E-state index in [4.69, 9.17) is 0 Å². The molecule has 0 spiro atoms. The van der Waals surface area contributed by atoms with Crippen LogP contribution >= 0.6 is 0 Å². The van der Waals surface area contributed by atoms with Crippen molar-refractivity contribution in [1.82, 2.24) is 0 Å². The standard InChI is InChI=1S/C9H12O3/c1-9(11,8(10)12-2)7-5-3-4-6-7/h3,5-6,11H,4H2,1-2H3. The maximum Gasteiger partial charge on any atom is 0.342 e. The number of esters is 1. The first kappa shape index (κ1) is 9.00. The molecule has 1 N–H and O–H groups in total. The van der Waals surface area contributed by atoms with E-state index in [1.807, 2.05) is 6.08 Å². The number of hydrogen-bond acceptors (Lipinski definition) is 3. The Balaban J connectivity index is 2.84. The van der Waals surface area contributed by atoms with Gasteiger partial charge in [0.1, 0.15) is 0 Å². The highest BCUT2D eigenvalue weighted by atomic mass is 16.5. The van der Waals surface area contributed by atoms with Gasteiger partial charge in [0, 0.05) is 0 Å². The number of allylic oxidation sites excluding steroid dienone is 2. The summed E-state index contributed by atoms with van der Waals surface area (Å²) in [6.45, 7) is 1.43. The second-order valence-corrected chi connectivity index (χ2v) is 2.86. The number of carbonyl (C=O) groups is 1. The molecule has 66 valence electrons. The Morgan fingerprint density at radius 1 is 1.75 bits per heavy atom. The van der Waals surface area contributed by atoms with E-state index in [1.165, 1.54) is 14.0 Å². The minimum atomic E-state index is -1.50. The lowest BCUT2D eigenvalue weighted by Crippen LogP contribution is -2.37. The van der Waals surface area contributed by atoms with E-state index in [2.05, 4.69) is 4.74 Å². The van der Waals surface area contributed by atoms with Gasteiger partial charge in [-0.1, -0.05) is 18.2 Å². The van der Waals surface area contributed by atoms with Gasteiger partial charge in [0.15, 0.2) is 5.60 Å². The van der Waals surface area contributed by atoms with Crippen molar-refractivity contribution in [1.29, 1.82) is 0 Å². The van der Waals surface area contributed by atoms with E-state index in [9.17, 15) is 9.90 Å². The number of rotatable bonds is 2. The molecule has 1 aliphatic rings. The SMILES string of the molecule is COC(=O)C(C)(O)C1=CCC=C1. The van der Waals surface area contributed by atoms with Gasteiger partial charge in [-0.05, 0) is 18.9 Å². The van der Waals surface area contributed by atoms with E-state index in [0.29, 0.717) is 5.57 Å². The molecule has 12 heavy (non-hydrogen) atoms. The zero-order chi connectivity index (χ0) is 9.19. The van der Waals surface area contributed by atoms with Crippen LogP contribution in [0.3, 0.4) is 0 Å². The molecule has 0 saturated carbocycles. The van der Waals surface area contributed by atoms with Crippen LogP contribution in [0.4, 0.5) is 0 Å². The van der Waals surface area contributed by atoms with Gasteiger partial charge in [0.2, 0.25) is 0 Å². The molecule has 3 heteroatoms. The summed E-state index contributed by atoms with van der Waals surface area (Å²) in [6, 6.07) is 0. The molecule has 1 aliphatic carbocycles. The molecule has 0 bridgehead atoms. The predicted octanol–water partition coefficient (Wildman–Crippen LogP) is 0.797. The molecule has 3 nitrogen and oxygen atoms in total. The van der Waals surface area contributed by atoms with E-state index in [1.54, 1.807) is 12.2 Å². The summed E-state index contributed by atoms with van der Waals surface area (Å²) < 4.78 is 4.46. The van der Waals surface area contributed by atoms with Crippen LogP contribution < -0.4 is 0 Å². The molecule has 1 unspecified atom stereocenters. The summed E-state index contributed by atoms with van der Waals surface area (Å²) in [4.78, 5) is 11.1. The fraction of sp³-hybridized carbons (Fsp3) is 0.444. The lowest BCUT2D eigenvalue weighted by Gasteiger charge is -2.20. The molecule has 0 fully saturated rings. The monoisotopic (exact) mass is 168 g/mol. The average Bonchev–Trinajstić information content (AvgIpc) is 2.55. The second-order valence-electron chi connectivity index (χ2n) is 2.86. The zero-order valence-electron chi connectivity index (χ0n) is 7.20. The van der Waals surface area contributed by atoms with Crippen LogP contribution in [-0.2, 0) is 9.53 Å². The van der Waals surface area contributed by atoms with Crippen LogP contribution in [0, 0.1) is 0 Å². The highest BCUT2D eigenvalue weighted by molar-refractivity contribution is 5.83. The highest BCUT2D eigenvalue weighted by Crippen LogP contribution is 2.23. The Morgan fingerprint density at radius 3 is 2.83 bits per heavy atom. The topological polar surface area (TPSA) is 46.5 Å². The van der Waals surface area contributed by atoms with Gasteiger partial charge >= 0.3 is 5.97 Å². The summed E-state index contributed by atoms with van der Waals surface area (Å²) >= 11 is 0. The number of hydrogen-bond donors (Lipinski definition) is 1. The minimum absolute atomic E-state index is 0.606. The molecule has 1 rings (SSSR count). The van der Waals surface area contributed by atoms with E-state index in [-0.39, 0.29) is 0 Å². The van der Waals surface area contributed by atoms with Crippen molar-refractivity contribution in [3.05, 3.63) is 23.8 Å². The third-order valence-electron chi connectivity index (χ3n) is 1.92. The molecule has 0 heterocycles. The lowest BCUT2D eigenvalue weighted by molar-refractivity contribution is -0.156. The van der Waals surface area contributed by atoms with Crippen LogP contribution in [0.15, 0.2) is 23.8 Å². The van der Waals surface area contributed by atoms with Gasteiger partial charge in [0.05, 0.1) is 7.11 Å². The van der Waals surface area contributed by atoms with Crippen molar-refractivity contribution < 1.29 is 14.6 Å². The molecule has 1 atom stereocenters. The maximum atomic E-state index is 11.1. The largest absolute Gasteiger partial charge is 0.467 e. The van der Waals surface area contributed by atoms with Crippen LogP contribution in [0.25, 0.3) is 0 Å². The third kappa shape index (κ3) is 1.41. The Hall–Kier alpha value is -1.09. The van der Waals surface area contributed by atoms with Crippen LogP contribution in [0.2, 0.25) is 0 Å². The summed E-state index contributed by atoms with van der Waals surface area (Å²) in [5.74, 6) is -0.625. The number of ether oxygens (including phenoxy) is 1. The van der Waals surface area contributed by atoms with Crippen molar-refractivity contribution in [2.45, 2.75) is 18.9 Å². The van der Waals surface area contributed by atoms with Gasteiger partial charge in [-0.3, -0.25) is 0 Å². The first-order valence-corrected chi connectivity index (χ1v) is 3.77. The molecule has 0 saturated heterocycles. The molecule has 0 radical (unpaired) electrons. The summed E-state index contributed by atoms with van der Waals surface area (Å²) in [6.07, 6.45) is 6.18. The Bertz CT molecular complexity index is 248. The van der Waals surface area contributed by atoms with Gasteiger partial charge in [-0.25, -0.2) is 4.79 Å². The maximum absolute atomic E-state index is 11.1. The minimum Gasteiger partial charge on any atom is -0.467 e. The Morgan fingerprint density at radius 2 is 2.42 bits per heavy atom. The van der Waals surface area contributed by atoms with Crippen LogP contribution in [0.5, 0.6) is 0 Å². The normalized spacial score (nSPS) is 20.1. The van der Waals surface area contributed by atoms with Gasteiger partial charge in [0.25, 0.3) is 0 Å². The highest BCUT2D eigenvalue weighted by Gasteiger charge is 2.34. The van der Waals surface area contributed by atoms with E-state index < -0.39 is 11.6 Å². The molecule has 0 aromatic rings. The fourth-order valence-corrected chi connectivity index (χ4v) is 1.14. The van der Waals surface area contributed by atoms with Gasteiger partial charge < -0.3 is 9.84 Å². The summed E-state index contributed by atoms with van der Waals surface area (Å²) in [5, 5.41) is 9.69. The lowest BCUT2D eigenvalue weighted by atomic mass is 9.97. The van der Waals surface area contributed by atoms with Crippen molar-refractivity contribution >= 4 is 5.97 Å². The molecule has 0 aromatic carbocycles. The van der Waals surface area contributed by atoms with Crippen molar-refractivity contribution in [3.63, 3.8) is 0 Å². The smallest absolute Gasteiger partial charge is 0.342 e. The average molecular weight is 168 g/mol. The summed E-state index contributed by atoms with van der Waals surface area (Å²) in [7, 11) is 1.26. The number of aliphatic hydroxyl groups is 1. The van der Waals surface area contributed by atoms with Gasteiger partial charge in [-0.2, -0.15) is 0 Å². The molecule has 0 aliphatic heterocycles. The molecular weight excluding hydrogens is 156 g/mol. The fourth-order valence-electron chi connectivity index (χ4n) is 1.14. The predicted molar refractivity (Wildman–Crippen MR) is 44.5 cm³/mol. The van der Waals surface area contributed by atoms with E-state index >= 15 is 0 Å². The molecule has 0 aromatic heterocycles. The first-order chi connectivity index (χ1) is 5.59. The third-order valence-corrected chi connectivity index (χ3v) is 1.92. The zero-order valence-corrected chi connectivity index (χ0v) is 7.20. The number of methoxy groups -OCH3 is 1. The van der Waals surface area contributed by atoms with Crippen molar-refractivity contribution in [3.8, 4) is 0 Å². The quantitative estimate of drug-likeness (QED) is 0.620. The second kappa shape index (κ2) is 3.11. The van der Waals surface area contributed by atoms with Gasteiger partial charge in [-0.15, -0.1) is 0 Å². The summed E-state index contributed by atoms with van der Waals surface area (Å²) in [5.41, 5.74) is -0.892. The van der Waals surface area contributed by atoms with Crippen molar-refractivity contribution in [2.75, 3.05) is 7.11 Å². The Kier molecular flexibility index (Phi) is 2.33. The number of carbonyl (C=O) groups excluding carboxylic acids is 1. The molecule has 0 amide bonds. The van der Waals surface area contributed by atoms with Crippen molar-refractivity contribution in [2.24, 2.45) is 0 Å². The van der Waals surface area contributed by atoms with E-state index in [0.717, 1.165) is 6.42 Å².